The number of amides is 2. The van der Waals surface area contributed by atoms with Crippen LogP contribution in [-0.2, 0) is 29.1 Å². The normalized spacial score (nSPS) is 16.3. The standard InChI is InChI=1S/C38H40N6O3/c1-3-21-42-26-36(46)43(27(2)44(42)41-23-29-11-6-4-7-12-29)35(22-28-17-19-32(45)20-18-28)38(47)40-24-31-15-10-16-33-34(25-39-37(31)33)30-13-8-5-9-14-30/h3-20,25,27,35,39,41,45H,1,21-24,26H2,2H3,(H,40,47)/t27-,35-/m0/s1. The molecule has 5 aromatic rings. The fourth-order valence-electron chi connectivity index (χ4n) is 6.31. The number of benzene rings is 4. The number of fused-ring (bicyclic) bond motifs is 1. The molecule has 9 heteroatoms. The number of H-pyrrole nitrogens is 1. The van der Waals surface area contributed by atoms with Crippen LogP contribution in [0.3, 0.4) is 0 Å². The zero-order valence-corrected chi connectivity index (χ0v) is 26.5. The lowest BCUT2D eigenvalue weighted by molar-refractivity contribution is -0.198. The van der Waals surface area contributed by atoms with Gasteiger partial charge in [0.25, 0.3) is 0 Å². The van der Waals surface area contributed by atoms with E-state index in [9.17, 15) is 14.7 Å². The van der Waals surface area contributed by atoms with Crippen LogP contribution in [0.1, 0.15) is 23.6 Å². The van der Waals surface area contributed by atoms with Gasteiger partial charge >= 0.3 is 0 Å². The van der Waals surface area contributed by atoms with E-state index >= 15 is 0 Å². The number of aromatic amines is 1. The van der Waals surface area contributed by atoms with Crippen molar-refractivity contribution in [2.45, 2.75) is 38.6 Å². The summed E-state index contributed by atoms with van der Waals surface area (Å²) in [7, 11) is 0. The Morgan fingerprint density at radius 1 is 0.957 bits per heavy atom. The molecule has 1 aliphatic rings. The lowest BCUT2D eigenvalue weighted by atomic mass is 10.0. The molecule has 2 heterocycles. The highest BCUT2D eigenvalue weighted by atomic mass is 16.3. The van der Waals surface area contributed by atoms with Crippen molar-refractivity contribution in [1.82, 2.24) is 30.8 Å². The average molecular weight is 629 g/mol. The van der Waals surface area contributed by atoms with Gasteiger partial charge in [-0.15, -0.1) is 6.58 Å². The number of nitrogens with one attached hydrogen (secondary N) is 3. The minimum atomic E-state index is -0.809. The van der Waals surface area contributed by atoms with E-state index < -0.39 is 12.2 Å². The summed E-state index contributed by atoms with van der Waals surface area (Å²) in [6, 6.07) is 32.3. The third-order valence-corrected chi connectivity index (χ3v) is 8.64. The molecule has 0 saturated carbocycles. The Balaban J connectivity index is 1.27. The van der Waals surface area contributed by atoms with Crippen LogP contribution in [-0.4, -0.2) is 62.2 Å². The predicted octanol–water partition coefficient (Wildman–Crippen LogP) is 5.37. The van der Waals surface area contributed by atoms with Crippen molar-refractivity contribution < 1.29 is 14.7 Å². The summed E-state index contributed by atoms with van der Waals surface area (Å²) in [5.41, 5.74) is 9.52. The molecule has 1 fully saturated rings. The number of aromatic nitrogens is 1. The zero-order chi connectivity index (χ0) is 32.8. The van der Waals surface area contributed by atoms with E-state index in [4.69, 9.17) is 0 Å². The SMILES string of the molecule is C=CCN1CC(=O)N([C@@H](Cc2ccc(O)cc2)C(=O)NCc2cccc3c(-c4ccccc4)c[nH]c23)[C@H](C)N1NCc1ccccc1. The van der Waals surface area contributed by atoms with Crippen LogP contribution in [0.15, 0.2) is 122 Å². The Bertz CT molecular complexity index is 1820. The Labute approximate surface area is 275 Å². The van der Waals surface area contributed by atoms with Crippen molar-refractivity contribution in [2.24, 2.45) is 0 Å². The molecule has 1 saturated heterocycles. The van der Waals surface area contributed by atoms with Crippen LogP contribution in [0, 0.1) is 0 Å². The van der Waals surface area contributed by atoms with Crippen LogP contribution in [0.5, 0.6) is 5.75 Å². The van der Waals surface area contributed by atoms with Crippen molar-refractivity contribution in [2.75, 3.05) is 13.1 Å². The van der Waals surface area contributed by atoms with Gasteiger partial charge in [-0.05, 0) is 41.3 Å². The van der Waals surface area contributed by atoms with Crippen molar-refractivity contribution in [1.29, 1.82) is 0 Å². The van der Waals surface area contributed by atoms with Gasteiger partial charge in [0.15, 0.2) is 0 Å². The minimum Gasteiger partial charge on any atom is -0.508 e. The summed E-state index contributed by atoms with van der Waals surface area (Å²) in [4.78, 5) is 33.1. The van der Waals surface area contributed by atoms with Crippen LogP contribution in [0.2, 0.25) is 0 Å². The molecule has 1 aromatic heterocycles. The molecule has 0 bridgehead atoms. The molecule has 2 amide bonds. The van der Waals surface area contributed by atoms with Crippen molar-refractivity contribution in [3.8, 4) is 16.9 Å². The number of hydrogen-bond acceptors (Lipinski definition) is 6. The summed E-state index contributed by atoms with van der Waals surface area (Å²) >= 11 is 0. The van der Waals surface area contributed by atoms with Gasteiger partial charge in [-0.1, -0.05) is 97.1 Å². The molecule has 2 atom stereocenters. The van der Waals surface area contributed by atoms with E-state index in [1.54, 1.807) is 35.2 Å². The van der Waals surface area contributed by atoms with Gasteiger partial charge in [0.2, 0.25) is 11.8 Å². The number of carbonyl (C=O) groups excluding carboxylic acids is 2. The van der Waals surface area contributed by atoms with E-state index in [0.717, 1.165) is 38.7 Å². The molecule has 4 aromatic carbocycles. The summed E-state index contributed by atoms with van der Waals surface area (Å²) in [6.45, 7) is 7.19. The summed E-state index contributed by atoms with van der Waals surface area (Å²) in [6.07, 6.45) is 3.55. The average Bonchev–Trinajstić information content (AvgIpc) is 3.53. The fraction of sp³-hybridized carbons (Fsp3) is 0.211. The van der Waals surface area contributed by atoms with E-state index in [-0.39, 0.29) is 37.1 Å². The van der Waals surface area contributed by atoms with Gasteiger partial charge in [0.05, 0.1) is 12.1 Å². The number of carbonyl (C=O) groups is 2. The maximum Gasteiger partial charge on any atom is 0.243 e. The molecule has 240 valence electrons. The van der Waals surface area contributed by atoms with Gasteiger partial charge in [-0.25, -0.2) is 10.4 Å². The van der Waals surface area contributed by atoms with Gasteiger partial charge in [-0.3, -0.25) is 9.59 Å². The smallest absolute Gasteiger partial charge is 0.243 e. The van der Waals surface area contributed by atoms with Gasteiger partial charge in [0, 0.05) is 43.2 Å². The number of rotatable bonds is 12. The number of nitrogens with zero attached hydrogens (tertiary/aromatic N) is 3. The summed E-state index contributed by atoms with van der Waals surface area (Å²) < 4.78 is 0. The number of aromatic hydroxyl groups is 1. The van der Waals surface area contributed by atoms with Crippen molar-refractivity contribution in [3.05, 3.63) is 139 Å². The quantitative estimate of drug-likeness (QED) is 0.139. The highest BCUT2D eigenvalue weighted by Gasteiger charge is 2.42. The van der Waals surface area contributed by atoms with Gasteiger partial charge < -0.3 is 20.3 Å². The molecular weight excluding hydrogens is 588 g/mol. The topological polar surface area (TPSA) is 104 Å². The molecule has 6 rings (SSSR count). The number of phenolic OH excluding ortho intramolecular Hbond substituents is 1. The van der Waals surface area contributed by atoms with Gasteiger partial charge in [0.1, 0.15) is 18.0 Å². The lowest BCUT2D eigenvalue weighted by Gasteiger charge is -2.50. The Hall–Kier alpha value is -5.22. The van der Waals surface area contributed by atoms with Crippen molar-refractivity contribution in [3.63, 3.8) is 0 Å². The van der Waals surface area contributed by atoms with Crippen LogP contribution in [0.4, 0.5) is 0 Å². The first kappa shape index (κ1) is 31.7. The summed E-state index contributed by atoms with van der Waals surface area (Å²) in [5, 5.41) is 18.0. The second-order valence-corrected chi connectivity index (χ2v) is 11.7. The van der Waals surface area contributed by atoms with Gasteiger partial charge in [-0.2, -0.15) is 5.12 Å². The molecule has 0 spiro atoms. The molecule has 0 radical (unpaired) electrons. The molecule has 9 nitrogen and oxygen atoms in total. The fourth-order valence-corrected chi connectivity index (χ4v) is 6.31. The Morgan fingerprint density at radius 3 is 2.40 bits per heavy atom. The first-order valence-corrected chi connectivity index (χ1v) is 15.9. The highest BCUT2D eigenvalue weighted by molar-refractivity contribution is 5.97. The third kappa shape index (κ3) is 7.12. The number of para-hydroxylation sites is 1. The second kappa shape index (κ2) is 14.5. The Morgan fingerprint density at radius 2 is 1.68 bits per heavy atom. The second-order valence-electron chi connectivity index (χ2n) is 11.7. The number of hydrazine groups is 2. The van der Waals surface area contributed by atoms with Crippen molar-refractivity contribution >= 4 is 22.7 Å². The van der Waals surface area contributed by atoms with Crippen LogP contribution >= 0.6 is 0 Å². The number of phenols is 1. The lowest BCUT2D eigenvalue weighted by Crippen LogP contribution is -2.71. The predicted molar refractivity (Wildman–Crippen MR) is 184 cm³/mol. The molecule has 0 aliphatic carbocycles. The van der Waals surface area contributed by atoms with E-state index in [2.05, 4.69) is 40.5 Å². The first-order valence-electron chi connectivity index (χ1n) is 15.9. The maximum absolute atomic E-state index is 14.2. The third-order valence-electron chi connectivity index (χ3n) is 8.64. The molecule has 0 unspecified atom stereocenters. The minimum absolute atomic E-state index is 0.0849. The molecule has 4 N–H and O–H groups in total. The van der Waals surface area contributed by atoms with Crippen LogP contribution in [0.25, 0.3) is 22.0 Å². The molecule has 1 aliphatic heterocycles. The zero-order valence-electron chi connectivity index (χ0n) is 26.5. The van der Waals surface area contributed by atoms with E-state index in [1.165, 1.54) is 0 Å². The monoisotopic (exact) mass is 628 g/mol. The number of hydrogen-bond donors (Lipinski definition) is 4. The largest absolute Gasteiger partial charge is 0.508 e. The highest BCUT2D eigenvalue weighted by Crippen LogP contribution is 2.30. The van der Waals surface area contributed by atoms with E-state index in [1.807, 2.05) is 83.9 Å². The Kier molecular flexibility index (Phi) is 9.78. The van der Waals surface area contributed by atoms with E-state index in [0.29, 0.717) is 13.1 Å². The summed E-state index contributed by atoms with van der Waals surface area (Å²) in [5.74, 6) is -0.275. The first-order chi connectivity index (χ1) is 22.9. The molecule has 47 heavy (non-hydrogen) atoms. The van der Waals surface area contributed by atoms with Crippen LogP contribution < -0.4 is 10.7 Å². The maximum atomic E-state index is 14.2. The molecular formula is C38H40N6O3.